The molecule has 3 nitrogen and oxygen atoms in total. The molecule has 0 aromatic heterocycles. The van der Waals surface area contributed by atoms with Gasteiger partial charge in [-0.25, -0.2) is 0 Å². The highest BCUT2D eigenvalue weighted by atomic mass is 16.5. The Labute approximate surface area is 109 Å². The van der Waals surface area contributed by atoms with Gasteiger partial charge in [-0.05, 0) is 37.4 Å². The molecule has 1 N–H and O–H groups in total. The molecule has 1 unspecified atom stereocenters. The Morgan fingerprint density at radius 1 is 1.28 bits per heavy atom. The van der Waals surface area contributed by atoms with Crippen molar-refractivity contribution in [3.8, 4) is 0 Å². The number of aliphatic hydroxyl groups excluding tert-OH is 1. The van der Waals surface area contributed by atoms with Crippen LogP contribution in [0.1, 0.15) is 18.4 Å². The van der Waals surface area contributed by atoms with Crippen LogP contribution in [0.2, 0.25) is 0 Å². The standard InChI is InChI=1S/C15H23NO2/c1-18-12-15(17)14-7-9-16(10-8-14)11-13-5-3-2-4-6-13/h2-6,14-15,17H,7-12H2,1H3. The van der Waals surface area contributed by atoms with Crippen LogP contribution in [0.5, 0.6) is 0 Å². The highest BCUT2D eigenvalue weighted by molar-refractivity contribution is 5.14. The van der Waals surface area contributed by atoms with Gasteiger partial charge in [0.05, 0.1) is 12.7 Å². The molecule has 1 aliphatic rings. The van der Waals surface area contributed by atoms with Crippen molar-refractivity contribution in [3.05, 3.63) is 35.9 Å². The van der Waals surface area contributed by atoms with Gasteiger partial charge in [-0.15, -0.1) is 0 Å². The lowest BCUT2D eigenvalue weighted by molar-refractivity contribution is 0.00167. The number of nitrogens with zero attached hydrogens (tertiary/aromatic N) is 1. The lowest BCUT2D eigenvalue weighted by Crippen LogP contribution is -2.38. The molecule has 1 saturated heterocycles. The van der Waals surface area contributed by atoms with Crippen molar-refractivity contribution in [1.29, 1.82) is 0 Å². The molecular weight excluding hydrogens is 226 g/mol. The second kappa shape index (κ2) is 6.88. The van der Waals surface area contributed by atoms with E-state index in [9.17, 15) is 5.11 Å². The molecule has 3 heteroatoms. The summed E-state index contributed by atoms with van der Waals surface area (Å²) in [6.45, 7) is 3.62. The van der Waals surface area contributed by atoms with E-state index in [1.807, 2.05) is 0 Å². The fraction of sp³-hybridized carbons (Fsp3) is 0.600. The largest absolute Gasteiger partial charge is 0.390 e. The van der Waals surface area contributed by atoms with Crippen LogP contribution < -0.4 is 0 Å². The number of likely N-dealkylation sites (tertiary alicyclic amines) is 1. The average Bonchev–Trinajstić information content (AvgIpc) is 2.41. The topological polar surface area (TPSA) is 32.7 Å². The van der Waals surface area contributed by atoms with Crippen LogP contribution in [0.3, 0.4) is 0 Å². The first-order valence-electron chi connectivity index (χ1n) is 6.73. The number of methoxy groups -OCH3 is 1. The van der Waals surface area contributed by atoms with Crippen LogP contribution in [-0.4, -0.2) is 42.9 Å². The van der Waals surface area contributed by atoms with Gasteiger partial charge in [0.25, 0.3) is 0 Å². The van der Waals surface area contributed by atoms with E-state index in [0.29, 0.717) is 12.5 Å². The predicted octanol–water partition coefficient (Wildman–Crippen LogP) is 1.91. The number of benzene rings is 1. The van der Waals surface area contributed by atoms with Crippen LogP contribution in [0.25, 0.3) is 0 Å². The maximum atomic E-state index is 9.91. The summed E-state index contributed by atoms with van der Waals surface area (Å²) < 4.78 is 5.02. The van der Waals surface area contributed by atoms with E-state index < -0.39 is 0 Å². The molecule has 0 amide bonds. The van der Waals surface area contributed by atoms with Crippen molar-refractivity contribution in [2.75, 3.05) is 26.8 Å². The third-order valence-corrected chi connectivity index (χ3v) is 3.76. The quantitative estimate of drug-likeness (QED) is 0.865. The zero-order chi connectivity index (χ0) is 12.8. The minimum absolute atomic E-state index is 0.297. The van der Waals surface area contributed by atoms with Crippen molar-refractivity contribution >= 4 is 0 Å². The van der Waals surface area contributed by atoms with E-state index >= 15 is 0 Å². The molecule has 0 radical (unpaired) electrons. The Balaban J connectivity index is 1.77. The number of hydrogen-bond acceptors (Lipinski definition) is 3. The first-order chi connectivity index (χ1) is 8.79. The molecule has 0 bridgehead atoms. The summed E-state index contributed by atoms with van der Waals surface area (Å²) in [5.74, 6) is 0.400. The SMILES string of the molecule is COCC(O)C1CCN(Cc2ccccc2)CC1. The van der Waals surface area contributed by atoms with Crippen LogP contribution in [0.4, 0.5) is 0 Å². The van der Waals surface area contributed by atoms with Gasteiger partial charge >= 0.3 is 0 Å². The maximum absolute atomic E-state index is 9.91. The lowest BCUT2D eigenvalue weighted by atomic mass is 9.91. The maximum Gasteiger partial charge on any atom is 0.0802 e. The van der Waals surface area contributed by atoms with Crippen molar-refractivity contribution in [1.82, 2.24) is 4.90 Å². The third-order valence-electron chi connectivity index (χ3n) is 3.76. The normalized spacial score (nSPS) is 19.9. The molecule has 18 heavy (non-hydrogen) atoms. The lowest BCUT2D eigenvalue weighted by Gasteiger charge is -2.34. The second-order valence-corrected chi connectivity index (χ2v) is 5.12. The summed E-state index contributed by atoms with van der Waals surface area (Å²) in [6, 6.07) is 10.6. The highest BCUT2D eigenvalue weighted by Crippen LogP contribution is 2.22. The molecule has 1 heterocycles. The molecular formula is C15H23NO2. The van der Waals surface area contributed by atoms with E-state index in [-0.39, 0.29) is 6.10 Å². The average molecular weight is 249 g/mol. The molecule has 1 aliphatic heterocycles. The van der Waals surface area contributed by atoms with E-state index in [1.165, 1.54) is 5.56 Å². The molecule has 1 atom stereocenters. The van der Waals surface area contributed by atoms with E-state index in [4.69, 9.17) is 4.74 Å². The number of aliphatic hydroxyl groups is 1. The Kier molecular flexibility index (Phi) is 5.17. The third kappa shape index (κ3) is 3.80. The number of piperidine rings is 1. The van der Waals surface area contributed by atoms with Crippen LogP contribution in [0, 0.1) is 5.92 Å². The van der Waals surface area contributed by atoms with E-state index in [2.05, 4.69) is 35.2 Å². The zero-order valence-electron chi connectivity index (χ0n) is 11.1. The molecule has 100 valence electrons. The van der Waals surface area contributed by atoms with Crippen molar-refractivity contribution < 1.29 is 9.84 Å². The van der Waals surface area contributed by atoms with Gasteiger partial charge in [-0.2, -0.15) is 0 Å². The fourth-order valence-electron chi connectivity index (χ4n) is 2.64. The van der Waals surface area contributed by atoms with Gasteiger partial charge in [-0.3, -0.25) is 4.90 Å². The van der Waals surface area contributed by atoms with Gasteiger partial charge in [0.15, 0.2) is 0 Å². The first-order valence-corrected chi connectivity index (χ1v) is 6.73. The Morgan fingerprint density at radius 2 is 1.94 bits per heavy atom. The summed E-state index contributed by atoms with van der Waals surface area (Å²) in [7, 11) is 1.65. The molecule has 1 fully saturated rings. The molecule has 1 aromatic rings. The minimum atomic E-state index is -0.297. The highest BCUT2D eigenvalue weighted by Gasteiger charge is 2.24. The summed E-state index contributed by atoms with van der Waals surface area (Å²) >= 11 is 0. The summed E-state index contributed by atoms with van der Waals surface area (Å²) in [5.41, 5.74) is 1.37. The smallest absolute Gasteiger partial charge is 0.0802 e. The minimum Gasteiger partial charge on any atom is -0.390 e. The predicted molar refractivity (Wildman–Crippen MR) is 72.3 cm³/mol. The van der Waals surface area contributed by atoms with Crippen LogP contribution in [0.15, 0.2) is 30.3 Å². The van der Waals surface area contributed by atoms with Gasteiger partial charge in [-0.1, -0.05) is 30.3 Å². The van der Waals surface area contributed by atoms with Gasteiger partial charge in [0.1, 0.15) is 0 Å². The summed E-state index contributed by atoms with van der Waals surface area (Å²) in [4.78, 5) is 2.46. The van der Waals surface area contributed by atoms with E-state index in [1.54, 1.807) is 7.11 Å². The van der Waals surface area contributed by atoms with Crippen LogP contribution in [-0.2, 0) is 11.3 Å². The van der Waals surface area contributed by atoms with Gasteiger partial charge in [0.2, 0.25) is 0 Å². The van der Waals surface area contributed by atoms with Crippen molar-refractivity contribution in [2.45, 2.75) is 25.5 Å². The second-order valence-electron chi connectivity index (χ2n) is 5.12. The molecule has 1 aromatic carbocycles. The van der Waals surface area contributed by atoms with Crippen molar-refractivity contribution in [3.63, 3.8) is 0 Å². The van der Waals surface area contributed by atoms with E-state index in [0.717, 1.165) is 32.5 Å². The van der Waals surface area contributed by atoms with Gasteiger partial charge < -0.3 is 9.84 Å². The Bertz CT molecular complexity index is 334. The first kappa shape index (κ1) is 13.5. The fourth-order valence-corrected chi connectivity index (χ4v) is 2.64. The molecule has 0 aliphatic carbocycles. The Hall–Kier alpha value is -0.900. The molecule has 0 spiro atoms. The van der Waals surface area contributed by atoms with Crippen molar-refractivity contribution in [2.24, 2.45) is 5.92 Å². The number of ether oxygens (including phenoxy) is 1. The monoisotopic (exact) mass is 249 g/mol. The van der Waals surface area contributed by atoms with Crippen LogP contribution >= 0.6 is 0 Å². The molecule has 0 saturated carbocycles. The zero-order valence-corrected chi connectivity index (χ0v) is 11.1. The summed E-state index contributed by atoms with van der Waals surface area (Å²) in [6.07, 6.45) is 1.84. The molecule has 2 rings (SSSR count). The number of rotatable bonds is 5. The summed E-state index contributed by atoms with van der Waals surface area (Å²) in [5, 5.41) is 9.91. The number of hydrogen-bond donors (Lipinski definition) is 1. The Morgan fingerprint density at radius 3 is 2.56 bits per heavy atom. The van der Waals surface area contributed by atoms with Gasteiger partial charge in [0, 0.05) is 13.7 Å².